The molecule has 0 aromatic heterocycles. The molecule has 0 saturated heterocycles. The van der Waals surface area contributed by atoms with Crippen molar-refractivity contribution < 1.29 is 41.6 Å². The number of ether oxygens (including phenoxy) is 6. The number of carbonyl (C=O) groups excluding carboxylic acids is 1. The number of benzene rings is 3. The van der Waals surface area contributed by atoms with Crippen LogP contribution in [0, 0.1) is 0 Å². The lowest BCUT2D eigenvalue weighted by atomic mass is 10.2. The van der Waals surface area contributed by atoms with Gasteiger partial charge in [0.2, 0.25) is 5.91 Å². The Kier molecular flexibility index (Phi) is 10.1. The van der Waals surface area contributed by atoms with Crippen molar-refractivity contribution in [2.45, 2.75) is 4.90 Å². The lowest BCUT2D eigenvalue weighted by molar-refractivity contribution is -0.119. The molecule has 0 radical (unpaired) electrons. The van der Waals surface area contributed by atoms with E-state index in [4.69, 9.17) is 28.4 Å². The smallest absolute Gasteiger partial charge is 0.265 e. The first-order chi connectivity index (χ1) is 18.8. The molecule has 0 saturated carbocycles. The number of amides is 1. The van der Waals surface area contributed by atoms with Crippen LogP contribution in [-0.4, -0.2) is 69.6 Å². The Balaban J connectivity index is 1.85. The number of hydrogen-bond donors (Lipinski definition) is 1. The number of nitrogens with zero attached hydrogens (tertiary/aromatic N) is 1. The molecule has 3 rings (SSSR count). The second-order valence-electron chi connectivity index (χ2n) is 7.94. The van der Waals surface area contributed by atoms with Gasteiger partial charge in [-0.05, 0) is 48.5 Å². The summed E-state index contributed by atoms with van der Waals surface area (Å²) in [6.07, 6.45) is 0. The highest BCUT2D eigenvalue weighted by Gasteiger charge is 2.31. The monoisotopic (exact) mass is 560 g/mol. The first-order valence-corrected chi connectivity index (χ1v) is 13.2. The Labute approximate surface area is 228 Å². The maximum atomic E-state index is 13.9. The molecule has 0 aliphatic carbocycles. The molecule has 39 heavy (non-hydrogen) atoms. The van der Waals surface area contributed by atoms with Gasteiger partial charge in [-0.1, -0.05) is 0 Å². The van der Waals surface area contributed by atoms with Gasteiger partial charge in [0.15, 0.2) is 11.5 Å². The van der Waals surface area contributed by atoms with E-state index in [1.165, 1.54) is 52.7 Å². The van der Waals surface area contributed by atoms with Crippen molar-refractivity contribution in [3.05, 3.63) is 60.7 Å². The summed E-state index contributed by atoms with van der Waals surface area (Å²) in [6.45, 7) is -0.226. The average Bonchev–Trinajstić information content (AvgIpc) is 2.97. The van der Waals surface area contributed by atoms with Gasteiger partial charge < -0.3 is 33.7 Å². The summed E-state index contributed by atoms with van der Waals surface area (Å²) in [5.41, 5.74) is 0.122. The van der Waals surface area contributed by atoms with E-state index in [9.17, 15) is 13.2 Å². The quantitative estimate of drug-likeness (QED) is 0.296. The maximum Gasteiger partial charge on any atom is 0.265 e. The number of carbonyl (C=O) groups is 1. The fourth-order valence-electron chi connectivity index (χ4n) is 3.61. The number of nitrogens with one attached hydrogen (secondary N) is 1. The van der Waals surface area contributed by atoms with Crippen LogP contribution in [0.15, 0.2) is 65.6 Å². The van der Waals surface area contributed by atoms with Crippen LogP contribution in [-0.2, 0) is 14.8 Å². The van der Waals surface area contributed by atoms with E-state index >= 15 is 0 Å². The number of anilines is 1. The highest BCUT2D eigenvalue weighted by Crippen LogP contribution is 2.37. The molecular weight excluding hydrogens is 528 g/mol. The molecule has 0 atom stereocenters. The fourth-order valence-corrected chi connectivity index (χ4v) is 5.05. The summed E-state index contributed by atoms with van der Waals surface area (Å²) in [6, 6.07) is 15.8. The minimum Gasteiger partial charge on any atom is -0.497 e. The van der Waals surface area contributed by atoms with Crippen LogP contribution in [0.3, 0.4) is 0 Å². The summed E-state index contributed by atoms with van der Waals surface area (Å²) in [5.74, 6) is 1.93. The van der Waals surface area contributed by atoms with E-state index in [0.717, 1.165) is 4.31 Å². The van der Waals surface area contributed by atoms with E-state index in [-0.39, 0.29) is 35.2 Å². The zero-order valence-electron chi connectivity index (χ0n) is 22.4. The first kappa shape index (κ1) is 29.2. The summed E-state index contributed by atoms with van der Waals surface area (Å²) >= 11 is 0. The van der Waals surface area contributed by atoms with Crippen LogP contribution in [0.25, 0.3) is 0 Å². The second-order valence-corrected chi connectivity index (χ2v) is 9.80. The van der Waals surface area contributed by atoms with E-state index in [0.29, 0.717) is 23.0 Å². The van der Waals surface area contributed by atoms with Crippen LogP contribution in [0.1, 0.15) is 0 Å². The number of hydrogen-bond acceptors (Lipinski definition) is 9. The summed E-state index contributed by atoms with van der Waals surface area (Å²) in [4.78, 5) is 12.9. The Hall–Kier alpha value is -4.32. The predicted molar refractivity (Wildman–Crippen MR) is 145 cm³/mol. The van der Waals surface area contributed by atoms with Crippen LogP contribution in [0.4, 0.5) is 5.69 Å². The zero-order valence-corrected chi connectivity index (χ0v) is 23.2. The van der Waals surface area contributed by atoms with Crippen molar-refractivity contribution in [2.75, 3.05) is 59.6 Å². The van der Waals surface area contributed by atoms with Crippen LogP contribution in [0.2, 0.25) is 0 Å². The first-order valence-electron chi connectivity index (χ1n) is 11.8. The van der Waals surface area contributed by atoms with Crippen molar-refractivity contribution in [3.8, 4) is 34.5 Å². The largest absolute Gasteiger partial charge is 0.497 e. The van der Waals surface area contributed by atoms with Gasteiger partial charge in [0, 0.05) is 12.1 Å². The molecule has 210 valence electrons. The van der Waals surface area contributed by atoms with Gasteiger partial charge in [-0.3, -0.25) is 9.10 Å². The summed E-state index contributed by atoms with van der Waals surface area (Å²) < 4.78 is 60.7. The lowest BCUT2D eigenvalue weighted by Crippen LogP contribution is -2.42. The molecule has 1 amide bonds. The standard InChI is InChI=1S/C27H32N2O9S/c1-33-19-6-8-20(9-7-19)38-15-14-28-27(30)18-29(23-16-21(34-2)10-12-24(23)35-3)39(31,32)22-11-13-25(36-4)26(17-22)37-5/h6-13,16-17H,14-15,18H2,1-5H3,(H,28,30). The molecule has 0 aliphatic heterocycles. The molecule has 3 aromatic rings. The van der Waals surface area contributed by atoms with Crippen LogP contribution < -0.4 is 38.0 Å². The highest BCUT2D eigenvalue weighted by atomic mass is 32.2. The molecule has 11 nitrogen and oxygen atoms in total. The normalized spacial score (nSPS) is 10.8. The molecule has 0 bridgehead atoms. The van der Waals surface area contributed by atoms with Crippen LogP contribution in [0.5, 0.6) is 34.5 Å². The SMILES string of the molecule is COc1ccc(OCCNC(=O)CN(c2cc(OC)ccc2OC)S(=O)(=O)c2ccc(OC)c(OC)c2)cc1. The molecular formula is C27H32N2O9S. The second kappa shape index (κ2) is 13.5. The lowest BCUT2D eigenvalue weighted by Gasteiger charge is -2.26. The van der Waals surface area contributed by atoms with Gasteiger partial charge in [-0.15, -0.1) is 0 Å². The Morgan fingerprint density at radius 3 is 1.92 bits per heavy atom. The maximum absolute atomic E-state index is 13.9. The third-order valence-electron chi connectivity index (χ3n) is 5.64. The molecule has 1 N–H and O–H groups in total. The van der Waals surface area contributed by atoms with Gasteiger partial charge in [0.05, 0.1) is 52.7 Å². The van der Waals surface area contributed by atoms with Crippen molar-refractivity contribution >= 4 is 21.6 Å². The fraction of sp³-hybridized carbons (Fsp3) is 0.296. The molecule has 12 heteroatoms. The number of sulfonamides is 1. The van der Waals surface area contributed by atoms with Crippen molar-refractivity contribution in [1.82, 2.24) is 5.32 Å². The molecule has 0 heterocycles. The Morgan fingerprint density at radius 2 is 1.31 bits per heavy atom. The third-order valence-corrected chi connectivity index (χ3v) is 7.39. The van der Waals surface area contributed by atoms with E-state index < -0.39 is 22.5 Å². The van der Waals surface area contributed by atoms with Gasteiger partial charge >= 0.3 is 0 Å². The molecule has 0 aliphatic rings. The van der Waals surface area contributed by atoms with Gasteiger partial charge in [-0.25, -0.2) is 8.42 Å². The minimum absolute atomic E-state index is 0.110. The molecule has 3 aromatic carbocycles. The average molecular weight is 561 g/mol. The highest BCUT2D eigenvalue weighted by molar-refractivity contribution is 7.92. The molecule has 0 spiro atoms. The minimum atomic E-state index is -4.29. The van der Waals surface area contributed by atoms with E-state index in [2.05, 4.69) is 5.32 Å². The van der Waals surface area contributed by atoms with Gasteiger partial charge in [-0.2, -0.15) is 0 Å². The summed E-state index contributed by atoms with van der Waals surface area (Å²) in [5, 5.41) is 2.69. The van der Waals surface area contributed by atoms with Crippen molar-refractivity contribution in [1.29, 1.82) is 0 Å². The van der Waals surface area contributed by atoms with Gasteiger partial charge in [0.1, 0.15) is 36.1 Å². The van der Waals surface area contributed by atoms with Gasteiger partial charge in [0.25, 0.3) is 10.0 Å². The molecule has 0 fully saturated rings. The molecule has 0 unspecified atom stereocenters. The Bertz CT molecular complexity index is 1360. The van der Waals surface area contributed by atoms with E-state index in [1.54, 1.807) is 43.5 Å². The topological polar surface area (TPSA) is 122 Å². The van der Waals surface area contributed by atoms with Crippen molar-refractivity contribution in [3.63, 3.8) is 0 Å². The predicted octanol–water partition coefficient (Wildman–Crippen LogP) is 3.12. The van der Waals surface area contributed by atoms with Crippen molar-refractivity contribution in [2.24, 2.45) is 0 Å². The number of rotatable bonds is 14. The van der Waals surface area contributed by atoms with Crippen LogP contribution >= 0.6 is 0 Å². The van der Waals surface area contributed by atoms with E-state index in [1.807, 2.05) is 0 Å². The zero-order chi connectivity index (χ0) is 28.4. The Morgan fingerprint density at radius 1 is 0.718 bits per heavy atom. The third kappa shape index (κ3) is 7.17. The summed E-state index contributed by atoms with van der Waals surface area (Å²) in [7, 11) is 2.99. The number of methoxy groups -OCH3 is 5.